The molecule has 0 bridgehead atoms. The van der Waals surface area contributed by atoms with Gasteiger partial charge in [-0.05, 0) is 202 Å². The molecule has 0 spiro atoms. The number of aliphatic hydroxyl groups is 5. The number of allylic oxidation sites excluding steroid dienone is 2. The smallest absolute Gasteiger partial charge is 0.213 e. The Labute approximate surface area is 767 Å². The number of aliphatic hydroxyl groups excluding tert-OH is 5. The third-order valence-electron chi connectivity index (χ3n) is 21.3. The van der Waals surface area contributed by atoms with Crippen molar-refractivity contribution in [2.75, 3.05) is 0 Å². The minimum Gasteiger partial charge on any atom is -0.513 e. The molecule has 0 amide bonds. The maximum absolute atomic E-state index is 9.42. The molecule has 0 saturated carbocycles. The van der Waals surface area contributed by atoms with E-state index in [1.807, 2.05) is 42.5 Å². The Morgan fingerprint density at radius 2 is 0.852 bits per heavy atom. The second-order valence-electron chi connectivity index (χ2n) is 33.5. The predicted octanol–water partition coefficient (Wildman–Crippen LogP) is 26.6. The number of aromatic nitrogens is 5. The van der Waals surface area contributed by atoms with Gasteiger partial charge in [-0.3, -0.25) is 19.9 Å². The number of aryl methyl sites for hydroxylation is 8. The van der Waals surface area contributed by atoms with Crippen molar-refractivity contribution in [2.24, 2.45) is 23.7 Å². The molecule has 2 atom stereocenters. The molecule has 122 heavy (non-hydrogen) atoms. The molecular formula is C109H123Ir3N5O5-2. The Morgan fingerprint density at radius 1 is 0.443 bits per heavy atom. The zero-order valence-electron chi connectivity index (χ0n) is 75.0. The zero-order valence-corrected chi connectivity index (χ0v) is 82.2. The Morgan fingerprint density at radius 3 is 1.23 bits per heavy atom. The first-order valence-electron chi connectivity index (χ1n) is 41.8. The largest absolute Gasteiger partial charge is 0.513 e. The maximum atomic E-state index is 9.42. The molecule has 1 aliphatic heterocycles. The summed E-state index contributed by atoms with van der Waals surface area (Å²) in [6.07, 6.45) is 6.20. The van der Waals surface area contributed by atoms with E-state index in [1.54, 1.807) is 45.2 Å². The van der Waals surface area contributed by atoms with E-state index >= 15 is 0 Å². The van der Waals surface area contributed by atoms with Crippen molar-refractivity contribution in [3.8, 4) is 45.0 Å². The van der Waals surface area contributed by atoms with Gasteiger partial charge >= 0.3 is 0 Å². The monoisotopic (exact) mass is 2160 g/mol. The number of benzene rings is 9. The van der Waals surface area contributed by atoms with Gasteiger partial charge in [0.15, 0.2) is 6.54 Å². The molecule has 643 valence electrons. The van der Waals surface area contributed by atoms with E-state index in [9.17, 15) is 10.2 Å². The summed E-state index contributed by atoms with van der Waals surface area (Å²) in [6.45, 7) is 48.1. The number of hydrogen-bond donors (Lipinski definition) is 5. The summed E-state index contributed by atoms with van der Waals surface area (Å²) in [4.78, 5) is 18.4. The second kappa shape index (κ2) is 47.8. The molecule has 1 aliphatic rings. The molecule has 10 nitrogen and oxygen atoms in total. The zero-order chi connectivity index (χ0) is 86.5. The minimum atomic E-state index is -0.646. The van der Waals surface area contributed by atoms with Gasteiger partial charge in [-0.25, -0.2) is 0 Å². The average molecular weight is 2160 g/mol. The third-order valence-corrected chi connectivity index (χ3v) is 21.3. The number of nitrogens with zero attached hydrogens (tertiary/aromatic N) is 5. The van der Waals surface area contributed by atoms with Crippen LogP contribution in [0, 0.1) is 104 Å². The van der Waals surface area contributed by atoms with Gasteiger partial charge in [-0.2, -0.15) is 4.57 Å². The number of hydrogen-bond acceptors (Lipinski definition) is 9. The van der Waals surface area contributed by atoms with Crippen molar-refractivity contribution in [2.45, 2.75) is 190 Å². The van der Waals surface area contributed by atoms with Gasteiger partial charge in [0.25, 0.3) is 0 Å². The molecule has 14 aromatic rings. The van der Waals surface area contributed by atoms with Crippen LogP contribution in [0.3, 0.4) is 0 Å². The van der Waals surface area contributed by atoms with E-state index in [2.05, 4.69) is 304 Å². The van der Waals surface area contributed by atoms with Crippen LogP contribution < -0.4 is 4.57 Å². The predicted molar refractivity (Wildman–Crippen MR) is 501 cm³/mol. The van der Waals surface area contributed by atoms with Crippen molar-refractivity contribution in [1.82, 2.24) is 19.9 Å². The van der Waals surface area contributed by atoms with Crippen LogP contribution in [-0.2, 0) is 92.5 Å². The molecule has 3 radical (unpaired) electrons. The molecule has 5 aromatic heterocycles. The Bertz CT molecular complexity index is 5720. The SMILES string of the molecule is C=C(O)c1ccccn1.CC(O)=C(c1ccccc1)C(C)O.CC(O)=CC(C)O.Cc1[c-]c(-c2ccc3c(CC(C)C)cccc3n2)cc(C)c1C.Cc1c[c-]c(-c2ccc3c(CC(C)C)cccc3n2)cc1C.Cc1c[c-]c(-c2ccc3c(CC(C)C)cccc3n2)cc1C.Cc1cc2c(cc1C)-c1ccc3c(CC(C)C)cccc3[n+]1C2.[Ir].[Ir].[Ir]. The summed E-state index contributed by atoms with van der Waals surface area (Å²) in [7, 11) is 0. The maximum Gasteiger partial charge on any atom is 0.213 e. The summed E-state index contributed by atoms with van der Waals surface area (Å²) >= 11 is 0. The molecule has 0 saturated heterocycles. The van der Waals surface area contributed by atoms with Crippen LogP contribution >= 0.6 is 0 Å². The minimum absolute atomic E-state index is 0. The normalized spacial score (nSPS) is 11.8. The standard InChI is InChI=1S/2C22H24N.2C21H22N.C11H14O2.C7H7NO.C5H10O2.3Ir/c1-14(2)10-17-6-5-7-21-19(17)8-9-22-20-12-16(4)15(3)11-18(20)13-23(21)22;1-14(2)11-18-7-6-8-22-20(18)9-10-21(23-22)19-12-15(3)17(5)16(4)13-19;2*1-14(2)12-17-6-5-7-21-19(17)10-11-20(22-21)18-9-8-15(3)16(4)13-18;1-8(12)11(9(2)13)10-6-4-3-5-7-10;1-6(9)7-4-2-3-5-8-7;1-4(6)3-5(2)7;;;/h5-9,11-12,14H,10,13H2,1-4H3;6-10,12,14H,11H2,1-5H3;2*5-8,10-11,13-14H,12H2,1-4H3;3-8,12-13H,1-2H3;2-5,9H,1H2;3-4,6-7H,1-2H3;;;/q+1;3*-1;;;;;;. The average Bonchev–Trinajstić information content (AvgIpc) is 1.59. The molecule has 0 aliphatic carbocycles. The van der Waals surface area contributed by atoms with Gasteiger partial charge in [-0.1, -0.05) is 232 Å². The summed E-state index contributed by atoms with van der Waals surface area (Å²) in [5.41, 5.74) is 34.3. The Kier molecular flexibility index (Phi) is 39.6. The van der Waals surface area contributed by atoms with Crippen LogP contribution in [0.5, 0.6) is 0 Å². The molecule has 0 fully saturated rings. The van der Waals surface area contributed by atoms with Gasteiger partial charge in [0.1, 0.15) is 11.5 Å². The van der Waals surface area contributed by atoms with E-state index in [4.69, 9.17) is 30.3 Å². The van der Waals surface area contributed by atoms with Crippen molar-refractivity contribution in [1.29, 1.82) is 0 Å². The first-order chi connectivity index (χ1) is 56.6. The van der Waals surface area contributed by atoms with Gasteiger partial charge in [0.2, 0.25) is 11.2 Å². The number of rotatable bonds is 15. The fraction of sp³-hybridized carbons (Fsp3) is 0.294. The van der Waals surface area contributed by atoms with Crippen LogP contribution in [0.15, 0.2) is 243 Å². The van der Waals surface area contributed by atoms with E-state index in [0.29, 0.717) is 34.9 Å². The van der Waals surface area contributed by atoms with Crippen LogP contribution in [0.4, 0.5) is 0 Å². The van der Waals surface area contributed by atoms with Crippen molar-refractivity contribution in [3.05, 3.63) is 350 Å². The molecule has 15 rings (SSSR count). The summed E-state index contributed by atoms with van der Waals surface area (Å²) < 4.78 is 2.49. The van der Waals surface area contributed by atoms with Crippen molar-refractivity contribution < 1.29 is 90.4 Å². The number of pyridine rings is 5. The van der Waals surface area contributed by atoms with E-state index in [0.717, 1.165) is 88.1 Å². The van der Waals surface area contributed by atoms with Gasteiger partial charge < -0.3 is 25.5 Å². The van der Waals surface area contributed by atoms with E-state index in [-0.39, 0.29) is 77.6 Å². The third kappa shape index (κ3) is 28.1. The fourth-order valence-electron chi connectivity index (χ4n) is 14.8. The van der Waals surface area contributed by atoms with Crippen molar-refractivity contribution in [3.63, 3.8) is 0 Å². The van der Waals surface area contributed by atoms with E-state index in [1.165, 1.54) is 129 Å². The number of fused-ring (bicyclic) bond motifs is 8. The van der Waals surface area contributed by atoms with Crippen molar-refractivity contribution >= 4 is 54.9 Å². The first kappa shape index (κ1) is 101. The topological polar surface area (TPSA) is 157 Å². The molecule has 5 N–H and O–H groups in total. The van der Waals surface area contributed by atoms with Crippen LogP contribution in [0.1, 0.15) is 172 Å². The molecule has 13 heteroatoms. The summed E-state index contributed by atoms with van der Waals surface area (Å²) in [6, 6.07) is 83.9. The van der Waals surface area contributed by atoms with Crippen LogP contribution in [0.25, 0.3) is 100.0 Å². The fourth-order valence-corrected chi connectivity index (χ4v) is 14.8. The quantitative estimate of drug-likeness (QED) is 0.0383. The molecule has 9 aromatic carbocycles. The van der Waals surface area contributed by atoms with Gasteiger partial charge in [0, 0.05) is 111 Å². The Balaban J connectivity index is 0.000000226. The van der Waals surface area contributed by atoms with Gasteiger partial charge in [-0.15, -0.1) is 104 Å². The first-order valence-corrected chi connectivity index (χ1v) is 41.8. The molecule has 2 unspecified atom stereocenters. The van der Waals surface area contributed by atoms with Crippen LogP contribution in [0.2, 0.25) is 0 Å². The van der Waals surface area contributed by atoms with Crippen LogP contribution in [-0.4, -0.2) is 57.7 Å². The Hall–Kier alpha value is -9.74. The van der Waals surface area contributed by atoms with Gasteiger partial charge in [0.05, 0.1) is 45.8 Å². The molecule has 6 heterocycles. The second-order valence-corrected chi connectivity index (χ2v) is 33.5. The summed E-state index contributed by atoms with van der Waals surface area (Å²) in [5, 5.41) is 49.7. The van der Waals surface area contributed by atoms with E-state index < -0.39 is 12.2 Å². The summed E-state index contributed by atoms with van der Waals surface area (Å²) in [5.74, 6) is 2.97. The molecular weight excluding hydrogens is 2040 g/mol.